The topological polar surface area (TPSA) is 110 Å². The van der Waals surface area contributed by atoms with Crippen molar-refractivity contribution in [1.82, 2.24) is 29.8 Å². The highest BCUT2D eigenvalue weighted by atomic mass is 35.5. The fourth-order valence-electron chi connectivity index (χ4n) is 4.76. The number of amides is 1. The van der Waals surface area contributed by atoms with Gasteiger partial charge in [0.1, 0.15) is 11.4 Å². The lowest BCUT2D eigenvalue weighted by Crippen LogP contribution is -2.15. The quantitative estimate of drug-likeness (QED) is 0.283. The number of rotatable bonds is 5. The molecule has 198 valence electrons. The zero-order valence-corrected chi connectivity index (χ0v) is 22.7. The van der Waals surface area contributed by atoms with Crippen LogP contribution in [0, 0.1) is 20.8 Å². The van der Waals surface area contributed by atoms with Crippen LogP contribution >= 0.6 is 11.6 Å². The molecule has 0 spiro atoms. The lowest BCUT2D eigenvalue weighted by Gasteiger charge is -2.08. The minimum Gasteiger partial charge on any atom is -0.322 e. The molecule has 0 saturated heterocycles. The molecule has 3 heterocycles. The average Bonchev–Trinajstić information content (AvgIpc) is 3.48. The van der Waals surface area contributed by atoms with E-state index in [0.29, 0.717) is 44.4 Å². The molecule has 0 aliphatic carbocycles. The van der Waals surface area contributed by atoms with Crippen LogP contribution in [0.4, 0.5) is 5.69 Å². The molecule has 6 aromatic rings. The maximum Gasteiger partial charge on any atom is 0.292 e. The zero-order valence-electron chi connectivity index (χ0n) is 21.9. The number of aromatic nitrogens is 6. The highest BCUT2D eigenvalue weighted by molar-refractivity contribution is 6.30. The Balaban J connectivity index is 1.59. The number of hydrogen-bond donors (Lipinski definition) is 2. The van der Waals surface area contributed by atoms with Crippen LogP contribution in [0.5, 0.6) is 0 Å². The molecule has 0 atom stereocenters. The van der Waals surface area contributed by atoms with Crippen LogP contribution in [0.15, 0.2) is 83.7 Å². The third-order valence-corrected chi connectivity index (χ3v) is 7.04. The van der Waals surface area contributed by atoms with Crippen molar-refractivity contribution in [2.24, 2.45) is 0 Å². The van der Waals surface area contributed by atoms with Crippen molar-refractivity contribution in [2.45, 2.75) is 20.8 Å². The molecule has 2 N–H and O–H groups in total. The molecule has 40 heavy (non-hydrogen) atoms. The predicted octanol–water partition coefficient (Wildman–Crippen LogP) is 5.79. The smallest absolute Gasteiger partial charge is 0.292 e. The Hall–Kier alpha value is -5.02. The van der Waals surface area contributed by atoms with E-state index in [2.05, 4.69) is 20.6 Å². The molecule has 3 aromatic heterocycles. The summed E-state index contributed by atoms with van der Waals surface area (Å²) < 4.78 is 3.38. The molecule has 0 bridgehead atoms. The predicted molar refractivity (Wildman–Crippen MR) is 156 cm³/mol. The van der Waals surface area contributed by atoms with Crippen molar-refractivity contribution in [2.75, 3.05) is 5.32 Å². The number of hydrogen-bond acceptors (Lipinski definition) is 5. The summed E-state index contributed by atoms with van der Waals surface area (Å²) in [5.41, 5.74) is 5.30. The monoisotopic (exact) mass is 549 g/mol. The van der Waals surface area contributed by atoms with Gasteiger partial charge in [-0.2, -0.15) is 15.3 Å². The van der Waals surface area contributed by atoms with E-state index in [9.17, 15) is 9.59 Å². The second kappa shape index (κ2) is 9.94. The van der Waals surface area contributed by atoms with Gasteiger partial charge >= 0.3 is 0 Å². The van der Waals surface area contributed by atoms with Gasteiger partial charge in [0.25, 0.3) is 11.5 Å². The Kier molecular flexibility index (Phi) is 6.28. The zero-order chi connectivity index (χ0) is 28.0. The number of H-pyrrole nitrogens is 1. The first-order chi connectivity index (χ1) is 19.3. The number of fused-ring (bicyclic) bond motifs is 1. The fraction of sp³-hybridized carbons (Fsp3) is 0.100. The number of halogens is 1. The van der Waals surface area contributed by atoms with Crippen LogP contribution in [0.25, 0.3) is 33.7 Å². The normalized spacial score (nSPS) is 11.2. The Bertz CT molecular complexity index is 1940. The minimum absolute atomic E-state index is 0.205. The molecule has 0 radical (unpaired) electrons. The van der Waals surface area contributed by atoms with Crippen LogP contribution < -0.4 is 10.9 Å². The first-order valence-electron chi connectivity index (χ1n) is 12.6. The summed E-state index contributed by atoms with van der Waals surface area (Å²) in [5, 5.41) is 20.5. The minimum atomic E-state index is -0.433. The summed E-state index contributed by atoms with van der Waals surface area (Å²) in [5.74, 6) is -0.358. The second-order valence-corrected chi connectivity index (χ2v) is 9.91. The molecule has 0 aliphatic heterocycles. The van der Waals surface area contributed by atoms with Crippen LogP contribution in [0.1, 0.15) is 27.3 Å². The lowest BCUT2D eigenvalue weighted by molar-refractivity contribution is 0.102. The molecule has 9 nitrogen and oxygen atoms in total. The van der Waals surface area contributed by atoms with Gasteiger partial charge in [-0.25, -0.2) is 14.5 Å². The van der Waals surface area contributed by atoms with Gasteiger partial charge in [-0.3, -0.25) is 9.59 Å². The third kappa shape index (κ3) is 4.36. The fourth-order valence-corrected chi connectivity index (χ4v) is 4.88. The van der Waals surface area contributed by atoms with Crippen molar-refractivity contribution < 1.29 is 4.79 Å². The van der Waals surface area contributed by atoms with E-state index in [0.717, 1.165) is 16.9 Å². The summed E-state index contributed by atoms with van der Waals surface area (Å²) in [6.45, 7) is 5.69. The van der Waals surface area contributed by atoms with E-state index in [1.807, 2.05) is 87.5 Å². The molecule has 0 aliphatic rings. The SMILES string of the molecule is Cc1ccc(-n2nc3c(=O)[nH]nc(-c4nn(-c5ccc(Cl)cc5)c(C)c4C(=O)Nc4ccccc4)c3c2C)cc1. The van der Waals surface area contributed by atoms with E-state index in [1.165, 1.54) is 0 Å². The van der Waals surface area contributed by atoms with E-state index in [-0.39, 0.29) is 11.4 Å². The van der Waals surface area contributed by atoms with Crippen molar-refractivity contribution >= 4 is 34.1 Å². The number of aryl methyl sites for hydroxylation is 2. The number of anilines is 1. The van der Waals surface area contributed by atoms with Crippen LogP contribution in [-0.4, -0.2) is 35.7 Å². The average molecular weight is 550 g/mol. The first kappa shape index (κ1) is 25.3. The van der Waals surface area contributed by atoms with Gasteiger partial charge in [-0.15, -0.1) is 0 Å². The second-order valence-electron chi connectivity index (χ2n) is 9.48. The van der Waals surface area contributed by atoms with E-state index >= 15 is 0 Å². The van der Waals surface area contributed by atoms with Crippen molar-refractivity contribution in [3.05, 3.63) is 117 Å². The van der Waals surface area contributed by atoms with Gasteiger partial charge in [-0.1, -0.05) is 47.5 Å². The van der Waals surface area contributed by atoms with Gasteiger partial charge in [0.05, 0.1) is 33.7 Å². The number of nitrogens with zero attached hydrogens (tertiary/aromatic N) is 5. The maximum absolute atomic E-state index is 13.8. The number of benzene rings is 3. The van der Waals surface area contributed by atoms with Crippen molar-refractivity contribution in [3.8, 4) is 22.8 Å². The summed E-state index contributed by atoms with van der Waals surface area (Å²) in [6, 6.07) is 24.2. The Labute approximate surface area is 234 Å². The summed E-state index contributed by atoms with van der Waals surface area (Å²) in [7, 11) is 0. The number of para-hydroxylation sites is 1. The lowest BCUT2D eigenvalue weighted by atomic mass is 10.1. The van der Waals surface area contributed by atoms with Gasteiger partial charge in [0.15, 0.2) is 5.52 Å². The molecule has 0 saturated carbocycles. The number of nitrogens with one attached hydrogen (secondary N) is 2. The van der Waals surface area contributed by atoms with Gasteiger partial charge in [0.2, 0.25) is 0 Å². The van der Waals surface area contributed by atoms with Crippen LogP contribution in [0.2, 0.25) is 5.02 Å². The summed E-state index contributed by atoms with van der Waals surface area (Å²) in [4.78, 5) is 26.7. The number of carbonyl (C=O) groups excluding carboxylic acids is 1. The Morgan fingerprint density at radius 3 is 2.10 bits per heavy atom. The third-order valence-electron chi connectivity index (χ3n) is 6.79. The van der Waals surface area contributed by atoms with Crippen molar-refractivity contribution in [1.29, 1.82) is 0 Å². The molecular weight excluding hydrogens is 526 g/mol. The summed E-state index contributed by atoms with van der Waals surface area (Å²) >= 11 is 6.12. The molecular formula is C30H24ClN7O2. The van der Waals surface area contributed by atoms with Gasteiger partial charge in [-0.05, 0) is 69.3 Å². The van der Waals surface area contributed by atoms with Gasteiger partial charge in [0, 0.05) is 10.7 Å². The first-order valence-corrected chi connectivity index (χ1v) is 13.0. The molecule has 0 fully saturated rings. The molecule has 0 unspecified atom stereocenters. The van der Waals surface area contributed by atoms with Gasteiger partial charge < -0.3 is 5.32 Å². The largest absolute Gasteiger partial charge is 0.322 e. The van der Waals surface area contributed by atoms with Crippen LogP contribution in [0.3, 0.4) is 0 Å². The number of carbonyl (C=O) groups is 1. The van der Waals surface area contributed by atoms with E-state index in [4.69, 9.17) is 16.7 Å². The number of aromatic amines is 1. The molecule has 1 amide bonds. The summed E-state index contributed by atoms with van der Waals surface area (Å²) in [6.07, 6.45) is 0. The van der Waals surface area contributed by atoms with Crippen molar-refractivity contribution in [3.63, 3.8) is 0 Å². The Morgan fingerprint density at radius 1 is 0.800 bits per heavy atom. The maximum atomic E-state index is 13.8. The Morgan fingerprint density at radius 2 is 1.43 bits per heavy atom. The molecule has 10 heteroatoms. The van der Waals surface area contributed by atoms with E-state index in [1.54, 1.807) is 21.5 Å². The van der Waals surface area contributed by atoms with Crippen LogP contribution in [-0.2, 0) is 0 Å². The standard InChI is InChI=1S/C30H24ClN7O2/c1-17-9-13-22(14-10-17)37-18(2)24-26(33-34-30(40)28(24)36-37)27-25(29(39)32-21-7-5-4-6-8-21)19(3)38(35-27)23-15-11-20(31)12-16-23/h4-16H,1-3H3,(H,32,39)(H,34,40). The highest BCUT2D eigenvalue weighted by Crippen LogP contribution is 2.33. The molecule has 3 aromatic carbocycles. The van der Waals surface area contributed by atoms with E-state index < -0.39 is 5.56 Å². The molecule has 6 rings (SSSR count). The highest BCUT2D eigenvalue weighted by Gasteiger charge is 2.28.